The van der Waals surface area contributed by atoms with Gasteiger partial charge in [-0.3, -0.25) is 4.79 Å². The maximum atomic E-state index is 12.2. The fourth-order valence-electron chi connectivity index (χ4n) is 2.27. The van der Waals surface area contributed by atoms with Crippen LogP contribution in [-0.4, -0.2) is 22.5 Å². The van der Waals surface area contributed by atoms with Crippen LogP contribution in [0, 0.1) is 0 Å². The summed E-state index contributed by atoms with van der Waals surface area (Å²) in [5, 5.41) is 12.4. The van der Waals surface area contributed by atoms with Crippen molar-refractivity contribution in [3.63, 3.8) is 0 Å². The number of carbonyl (C=O) groups excluding carboxylic acids is 1. The Hall–Kier alpha value is -2.30. The highest BCUT2D eigenvalue weighted by atomic mass is 16.4. The number of rotatable bonds is 4. The standard InChI is InChI=1S/C15H15NO4/c1-2-9-3-4-12-10(7-9)11(8-20-12)13(17)16-15(5-6-15)14(18)19/h3-4,7-8H,2,5-6H2,1H3,(H,16,17)(H,18,19). The molecule has 1 amide bonds. The molecule has 1 aliphatic rings. The normalized spacial score (nSPS) is 16.1. The van der Waals surface area contributed by atoms with Gasteiger partial charge in [-0.1, -0.05) is 13.0 Å². The summed E-state index contributed by atoms with van der Waals surface area (Å²) in [6.45, 7) is 2.03. The predicted molar refractivity (Wildman–Crippen MR) is 72.7 cm³/mol. The Morgan fingerprint density at radius 1 is 1.40 bits per heavy atom. The fourth-order valence-corrected chi connectivity index (χ4v) is 2.27. The number of aryl methyl sites for hydroxylation is 1. The molecule has 2 N–H and O–H groups in total. The van der Waals surface area contributed by atoms with Gasteiger partial charge in [0.15, 0.2) is 0 Å². The lowest BCUT2D eigenvalue weighted by molar-refractivity contribution is -0.140. The number of carboxylic acids is 1. The van der Waals surface area contributed by atoms with E-state index < -0.39 is 17.4 Å². The highest BCUT2D eigenvalue weighted by Crippen LogP contribution is 2.36. The minimum atomic E-state index is -1.08. The van der Waals surface area contributed by atoms with Crippen LogP contribution in [0.3, 0.4) is 0 Å². The second-order valence-electron chi connectivity index (χ2n) is 5.17. The van der Waals surface area contributed by atoms with Crippen LogP contribution in [-0.2, 0) is 11.2 Å². The summed E-state index contributed by atoms with van der Waals surface area (Å²) >= 11 is 0. The number of aliphatic carboxylic acids is 1. The van der Waals surface area contributed by atoms with Gasteiger partial charge in [-0.15, -0.1) is 0 Å². The van der Waals surface area contributed by atoms with Gasteiger partial charge in [0, 0.05) is 5.39 Å². The summed E-state index contributed by atoms with van der Waals surface area (Å²) in [7, 11) is 0. The van der Waals surface area contributed by atoms with E-state index in [4.69, 9.17) is 9.52 Å². The number of amides is 1. The molecule has 1 aromatic carbocycles. The number of hydrogen-bond acceptors (Lipinski definition) is 3. The topological polar surface area (TPSA) is 79.5 Å². The Balaban J connectivity index is 1.93. The summed E-state index contributed by atoms with van der Waals surface area (Å²) < 4.78 is 5.36. The Kier molecular flexibility index (Phi) is 2.78. The Morgan fingerprint density at radius 2 is 2.15 bits per heavy atom. The molecule has 2 aromatic rings. The molecule has 1 aliphatic carbocycles. The van der Waals surface area contributed by atoms with Crippen molar-refractivity contribution < 1.29 is 19.1 Å². The minimum Gasteiger partial charge on any atom is -0.480 e. The molecule has 1 heterocycles. The second-order valence-corrected chi connectivity index (χ2v) is 5.17. The van der Waals surface area contributed by atoms with Crippen LogP contribution in [0.2, 0.25) is 0 Å². The zero-order chi connectivity index (χ0) is 14.3. The molecule has 0 spiro atoms. The van der Waals surface area contributed by atoms with Crippen LogP contribution in [0.15, 0.2) is 28.9 Å². The molecule has 5 heteroatoms. The van der Waals surface area contributed by atoms with Crippen molar-refractivity contribution in [1.29, 1.82) is 0 Å². The van der Waals surface area contributed by atoms with Crippen molar-refractivity contribution in [2.75, 3.05) is 0 Å². The van der Waals surface area contributed by atoms with Gasteiger partial charge in [-0.2, -0.15) is 0 Å². The number of carboxylic acid groups (broad SMARTS) is 1. The Morgan fingerprint density at radius 3 is 2.75 bits per heavy atom. The molecule has 0 unspecified atom stereocenters. The quantitative estimate of drug-likeness (QED) is 0.896. The van der Waals surface area contributed by atoms with Crippen molar-refractivity contribution in [3.8, 4) is 0 Å². The van der Waals surface area contributed by atoms with E-state index in [1.165, 1.54) is 6.26 Å². The first-order valence-electron chi connectivity index (χ1n) is 6.62. The predicted octanol–water partition coefficient (Wildman–Crippen LogP) is 2.34. The van der Waals surface area contributed by atoms with Gasteiger partial charge in [0.05, 0.1) is 5.56 Å². The third-order valence-electron chi connectivity index (χ3n) is 3.80. The van der Waals surface area contributed by atoms with Gasteiger partial charge < -0.3 is 14.8 Å². The first-order valence-corrected chi connectivity index (χ1v) is 6.62. The smallest absolute Gasteiger partial charge is 0.329 e. The zero-order valence-electron chi connectivity index (χ0n) is 11.1. The number of nitrogens with one attached hydrogen (secondary N) is 1. The van der Waals surface area contributed by atoms with Crippen molar-refractivity contribution in [2.45, 2.75) is 31.7 Å². The van der Waals surface area contributed by atoms with Gasteiger partial charge in [-0.05, 0) is 37.0 Å². The SMILES string of the molecule is CCc1ccc2occ(C(=O)NC3(C(=O)O)CC3)c2c1. The highest BCUT2D eigenvalue weighted by Gasteiger charge is 2.51. The molecule has 0 aliphatic heterocycles. The van der Waals surface area contributed by atoms with Gasteiger partial charge >= 0.3 is 5.97 Å². The Bertz CT molecular complexity index is 697. The van der Waals surface area contributed by atoms with Crippen molar-refractivity contribution in [3.05, 3.63) is 35.6 Å². The molecule has 104 valence electrons. The van der Waals surface area contributed by atoms with E-state index in [0.717, 1.165) is 17.4 Å². The van der Waals surface area contributed by atoms with E-state index in [2.05, 4.69) is 5.32 Å². The summed E-state index contributed by atoms with van der Waals surface area (Å²) in [6.07, 6.45) is 3.20. The van der Waals surface area contributed by atoms with Crippen LogP contribution in [0.1, 0.15) is 35.7 Å². The summed E-state index contributed by atoms with van der Waals surface area (Å²) in [6, 6.07) is 5.69. The molecule has 3 rings (SSSR count). The van der Waals surface area contributed by atoms with Crippen molar-refractivity contribution >= 4 is 22.8 Å². The maximum Gasteiger partial charge on any atom is 0.329 e. The van der Waals surface area contributed by atoms with Crippen molar-refractivity contribution in [1.82, 2.24) is 5.32 Å². The zero-order valence-corrected chi connectivity index (χ0v) is 11.1. The minimum absolute atomic E-state index is 0.392. The molecule has 0 radical (unpaired) electrons. The van der Waals surface area contributed by atoms with Gasteiger partial charge in [0.25, 0.3) is 5.91 Å². The molecular formula is C15H15NO4. The number of fused-ring (bicyclic) bond motifs is 1. The molecule has 0 bridgehead atoms. The summed E-state index contributed by atoms with van der Waals surface area (Å²) in [4.78, 5) is 23.4. The third-order valence-corrected chi connectivity index (χ3v) is 3.80. The summed E-state index contributed by atoms with van der Waals surface area (Å²) in [5.41, 5.74) is 1.05. The van der Waals surface area contributed by atoms with E-state index in [1.54, 1.807) is 0 Å². The number of furan rings is 1. The molecule has 1 fully saturated rings. The molecule has 20 heavy (non-hydrogen) atoms. The van der Waals surface area contributed by atoms with E-state index in [1.807, 2.05) is 25.1 Å². The number of carbonyl (C=O) groups is 2. The Labute approximate surface area is 115 Å². The molecule has 1 aromatic heterocycles. The third kappa shape index (κ3) is 1.95. The van der Waals surface area contributed by atoms with E-state index in [0.29, 0.717) is 24.0 Å². The van der Waals surface area contributed by atoms with Crippen LogP contribution in [0.25, 0.3) is 11.0 Å². The van der Waals surface area contributed by atoms with Gasteiger partial charge in [0.1, 0.15) is 17.4 Å². The molecule has 1 saturated carbocycles. The molecular weight excluding hydrogens is 258 g/mol. The molecule has 0 atom stereocenters. The van der Waals surface area contributed by atoms with Crippen molar-refractivity contribution in [2.24, 2.45) is 0 Å². The van der Waals surface area contributed by atoms with Gasteiger partial charge in [0.2, 0.25) is 0 Å². The largest absolute Gasteiger partial charge is 0.480 e. The highest BCUT2D eigenvalue weighted by molar-refractivity contribution is 6.08. The average Bonchev–Trinajstić information content (AvgIpc) is 3.10. The first-order chi connectivity index (χ1) is 9.55. The first kappa shape index (κ1) is 12.7. The molecule has 0 saturated heterocycles. The van der Waals surface area contributed by atoms with Crippen LogP contribution in [0.4, 0.5) is 0 Å². The lowest BCUT2D eigenvalue weighted by Crippen LogP contribution is -2.42. The monoisotopic (exact) mass is 273 g/mol. The maximum absolute atomic E-state index is 12.2. The second kappa shape index (κ2) is 4.37. The average molecular weight is 273 g/mol. The lowest BCUT2D eigenvalue weighted by atomic mass is 10.1. The van der Waals surface area contributed by atoms with Crippen LogP contribution >= 0.6 is 0 Å². The van der Waals surface area contributed by atoms with Crippen LogP contribution < -0.4 is 5.32 Å². The fraction of sp³-hybridized carbons (Fsp3) is 0.333. The van der Waals surface area contributed by atoms with Gasteiger partial charge in [-0.25, -0.2) is 4.79 Å². The number of hydrogen-bond donors (Lipinski definition) is 2. The molecule has 5 nitrogen and oxygen atoms in total. The van der Waals surface area contributed by atoms with E-state index >= 15 is 0 Å². The lowest BCUT2D eigenvalue weighted by Gasteiger charge is -2.11. The number of benzene rings is 1. The summed E-state index contributed by atoms with van der Waals surface area (Å²) in [5.74, 6) is -1.37. The van der Waals surface area contributed by atoms with E-state index in [9.17, 15) is 9.59 Å². The van der Waals surface area contributed by atoms with E-state index in [-0.39, 0.29) is 0 Å². The van der Waals surface area contributed by atoms with Crippen LogP contribution in [0.5, 0.6) is 0 Å².